The van der Waals surface area contributed by atoms with Gasteiger partial charge in [-0.05, 0) is 77.6 Å². The SMILES string of the molecule is C=CCCc1cc2ccc(OC(F)(F)c3ccc(CC)cc3)cc2cc1F. The molecule has 0 aliphatic carbocycles. The van der Waals surface area contributed by atoms with Gasteiger partial charge >= 0.3 is 6.11 Å². The smallest absolute Gasteiger partial charge is 0.426 e. The monoisotopic (exact) mass is 370 g/mol. The Bertz CT molecular complexity index is 946. The number of fused-ring (bicyclic) bond motifs is 1. The van der Waals surface area contributed by atoms with Crippen molar-refractivity contribution in [2.45, 2.75) is 32.3 Å². The van der Waals surface area contributed by atoms with Gasteiger partial charge in [-0.1, -0.05) is 31.2 Å². The molecule has 0 heterocycles. The molecule has 0 spiro atoms. The van der Waals surface area contributed by atoms with Gasteiger partial charge in [0.25, 0.3) is 0 Å². The summed E-state index contributed by atoms with van der Waals surface area (Å²) in [6, 6.07) is 13.7. The fourth-order valence-corrected chi connectivity index (χ4v) is 2.95. The van der Waals surface area contributed by atoms with Crippen LogP contribution in [0.15, 0.2) is 67.3 Å². The van der Waals surface area contributed by atoms with Crippen molar-refractivity contribution in [2.24, 2.45) is 0 Å². The fourth-order valence-electron chi connectivity index (χ4n) is 2.95. The molecular weight excluding hydrogens is 349 g/mol. The molecule has 0 atom stereocenters. The van der Waals surface area contributed by atoms with Crippen LogP contribution in [0.2, 0.25) is 0 Å². The number of allylic oxidation sites excluding steroid dienone is 1. The van der Waals surface area contributed by atoms with E-state index in [4.69, 9.17) is 4.74 Å². The van der Waals surface area contributed by atoms with Crippen molar-refractivity contribution in [2.75, 3.05) is 0 Å². The molecule has 0 fully saturated rings. The van der Waals surface area contributed by atoms with Crippen molar-refractivity contribution in [3.05, 3.63) is 89.8 Å². The fraction of sp³-hybridized carbons (Fsp3) is 0.217. The van der Waals surface area contributed by atoms with Gasteiger partial charge in [-0.3, -0.25) is 0 Å². The number of alkyl halides is 2. The van der Waals surface area contributed by atoms with Crippen LogP contribution in [0.4, 0.5) is 13.2 Å². The van der Waals surface area contributed by atoms with Crippen molar-refractivity contribution < 1.29 is 17.9 Å². The highest BCUT2D eigenvalue weighted by Gasteiger charge is 2.34. The molecule has 27 heavy (non-hydrogen) atoms. The van der Waals surface area contributed by atoms with Crippen molar-refractivity contribution >= 4 is 10.8 Å². The van der Waals surface area contributed by atoms with Gasteiger partial charge in [-0.25, -0.2) is 4.39 Å². The molecule has 0 aromatic heterocycles. The molecule has 0 aliphatic rings. The van der Waals surface area contributed by atoms with Crippen molar-refractivity contribution in [1.29, 1.82) is 0 Å². The molecule has 3 aromatic rings. The zero-order valence-corrected chi connectivity index (χ0v) is 15.1. The minimum atomic E-state index is -3.47. The summed E-state index contributed by atoms with van der Waals surface area (Å²) in [5, 5.41) is 1.29. The Kier molecular flexibility index (Phi) is 5.54. The Hall–Kier alpha value is -2.75. The van der Waals surface area contributed by atoms with Crippen molar-refractivity contribution in [3.63, 3.8) is 0 Å². The molecule has 0 saturated heterocycles. The largest absolute Gasteiger partial charge is 0.429 e. The number of aryl methyl sites for hydroxylation is 2. The summed E-state index contributed by atoms with van der Waals surface area (Å²) >= 11 is 0. The van der Waals surface area contributed by atoms with E-state index >= 15 is 0 Å². The zero-order valence-electron chi connectivity index (χ0n) is 15.1. The van der Waals surface area contributed by atoms with Gasteiger partial charge in [0.15, 0.2) is 0 Å². The van der Waals surface area contributed by atoms with Crippen LogP contribution in [-0.4, -0.2) is 0 Å². The second kappa shape index (κ2) is 7.87. The summed E-state index contributed by atoms with van der Waals surface area (Å²) in [5.74, 6) is -0.367. The van der Waals surface area contributed by atoms with Crippen molar-refractivity contribution in [3.8, 4) is 5.75 Å². The van der Waals surface area contributed by atoms with Crippen LogP contribution in [0, 0.1) is 5.82 Å². The first-order chi connectivity index (χ1) is 12.9. The van der Waals surface area contributed by atoms with Gasteiger partial charge in [0.1, 0.15) is 11.6 Å². The summed E-state index contributed by atoms with van der Waals surface area (Å²) < 4.78 is 48.1. The maximum absolute atomic E-state index is 14.5. The molecule has 0 amide bonds. The van der Waals surface area contributed by atoms with Crippen LogP contribution in [0.25, 0.3) is 10.8 Å². The Balaban J connectivity index is 1.86. The summed E-state index contributed by atoms with van der Waals surface area (Å²) in [6.45, 7) is 5.60. The summed E-state index contributed by atoms with van der Waals surface area (Å²) in [6.07, 6.45) is 0.262. The molecule has 0 saturated carbocycles. The third-order valence-electron chi connectivity index (χ3n) is 4.54. The Morgan fingerprint density at radius 2 is 1.74 bits per heavy atom. The molecule has 0 radical (unpaired) electrons. The first kappa shape index (κ1) is 19.0. The van der Waals surface area contributed by atoms with Gasteiger partial charge in [-0.2, -0.15) is 8.78 Å². The molecular formula is C23H21F3O. The average Bonchev–Trinajstić information content (AvgIpc) is 2.66. The minimum Gasteiger partial charge on any atom is -0.429 e. The van der Waals surface area contributed by atoms with Crippen LogP contribution in [0.5, 0.6) is 5.75 Å². The number of ether oxygens (including phenoxy) is 1. The lowest BCUT2D eigenvalue weighted by Crippen LogP contribution is -2.21. The van der Waals surface area contributed by atoms with Gasteiger partial charge < -0.3 is 4.74 Å². The van der Waals surface area contributed by atoms with E-state index in [9.17, 15) is 13.2 Å². The Labute approximate surface area is 157 Å². The first-order valence-electron chi connectivity index (χ1n) is 8.92. The normalized spacial score (nSPS) is 11.6. The number of halogens is 3. The standard InChI is InChI=1S/C23H21F3O/c1-3-5-6-18-13-17-9-12-21(14-19(17)15-22(18)24)27-23(25,26)20-10-7-16(4-2)8-11-20/h3,7-15H,1,4-6H2,2H3. The minimum absolute atomic E-state index is 0.00897. The number of hydrogen-bond donors (Lipinski definition) is 0. The third-order valence-corrected chi connectivity index (χ3v) is 4.54. The van der Waals surface area contributed by atoms with Crippen LogP contribution in [0.1, 0.15) is 30.0 Å². The van der Waals surface area contributed by atoms with Crippen LogP contribution in [-0.2, 0) is 19.0 Å². The highest BCUT2D eigenvalue weighted by atomic mass is 19.3. The molecule has 0 unspecified atom stereocenters. The molecule has 4 heteroatoms. The van der Waals surface area contributed by atoms with E-state index in [0.717, 1.165) is 17.4 Å². The maximum Gasteiger partial charge on any atom is 0.426 e. The highest BCUT2D eigenvalue weighted by Crippen LogP contribution is 2.33. The lowest BCUT2D eigenvalue weighted by atomic mass is 10.0. The summed E-state index contributed by atoms with van der Waals surface area (Å²) in [4.78, 5) is 0. The second-order valence-electron chi connectivity index (χ2n) is 6.45. The topological polar surface area (TPSA) is 9.23 Å². The quantitative estimate of drug-likeness (QED) is 0.416. The van der Waals surface area contributed by atoms with Gasteiger partial charge in [-0.15, -0.1) is 6.58 Å². The van der Waals surface area contributed by atoms with E-state index in [0.29, 0.717) is 23.8 Å². The predicted molar refractivity (Wildman–Crippen MR) is 103 cm³/mol. The highest BCUT2D eigenvalue weighted by molar-refractivity contribution is 5.84. The zero-order chi connectivity index (χ0) is 19.4. The summed E-state index contributed by atoms with van der Waals surface area (Å²) in [7, 11) is 0. The molecule has 0 N–H and O–H groups in total. The van der Waals surface area contributed by atoms with Crippen LogP contribution < -0.4 is 4.74 Å². The number of hydrogen-bond acceptors (Lipinski definition) is 1. The van der Waals surface area contributed by atoms with E-state index in [1.54, 1.807) is 30.3 Å². The van der Waals surface area contributed by atoms with Gasteiger partial charge in [0, 0.05) is 0 Å². The van der Waals surface area contributed by atoms with E-state index < -0.39 is 6.11 Å². The predicted octanol–water partition coefficient (Wildman–Crippen LogP) is 6.79. The summed E-state index contributed by atoms with van der Waals surface area (Å²) in [5.41, 5.74) is 1.34. The molecule has 0 bridgehead atoms. The van der Waals surface area contributed by atoms with Gasteiger partial charge in [0.2, 0.25) is 0 Å². The van der Waals surface area contributed by atoms with E-state index in [1.165, 1.54) is 30.3 Å². The Morgan fingerprint density at radius 3 is 2.41 bits per heavy atom. The number of benzene rings is 3. The average molecular weight is 370 g/mol. The number of rotatable bonds is 7. The van der Waals surface area contributed by atoms with E-state index in [-0.39, 0.29) is 17.1 Å². The van der Waals surface area contributed by atoms with Crippen LogP contribution >= 0.6 is 0 Å². The van der Waals surface area contributed by atoms with E-state index in [1.807, 2.05) is 6.92 Å². The van der Waals surface area contributed by atoms with Crippen LogP contribution in [0.3, 0.4) is 0 Å². The van der Waals surface area contributed by atoms with Crippen molar-refractivity contribution in [1.82, 2.24) is 0 Å². The first-order valence-corrected chi connectivity index (χ1v) is 8.92. The molecule has 140 valence electrons. The van der Waals surface area contributed by atoms with E-state index in [2.05, 4.69) is 6.58 Å². The maximum atomic E-state index is 14.5. The third kappa shape index (κ3) is 4.33. The van der Waals surface area contributed by atoms with Gasteiger partial charge in [0.05, 0.1) is 5.56 Å². The lowest BCUT2D eigenvalue weighted by Gasteiger charge is -2.19. The molecule has 1 nitrogen and oxygen atoms in total. The Morgan fingerprint density at radius 1 is 1.00 bits per heavy atom. The lowest BCUT2D eigenvalue weighted by molar-refractivity contribution is -0.185. The molecule has 0 aliphatic heterocycles. The molecule has 3 rings (SSSR count). The second-order valence-corrected chi connectivity index (χ2v) is 6.45. The molecule has 3 aromatic carbocycles.